The summed E-state index contributed by atoms with van der Waals surface area (Å²) in [5.41, 5.74) is 3.17. The average Bonchev–Trinajstić information content (AvgIpc) is 2.96. The van der Waals surface area contributed by atoms with Crippen molar-refractivity contribution in [1.29, 1.82) is 0 Å². The van der Waals surface area contributed by atoms with Gasteiger partial charge in [-0.15, -0.1) is 5.10 Å². The molecule has 1 aromatic heterocycles. The third-order valence-corrected chi connectivity index (χ3v) is 3.37. The summed E-state index contributed by atoms with van der Waals surface area (Å²) in [7, 11) is 0. The first kappa shape index (κ1) is 12.7. The molecule has 1 amide bonds. The standard InChI is InChI=1S/C14H17N5O/c1-2-12-17-13(19-18-12)14(20)16-10-5-6-11-9(8-10)4-3-7-15-11/h5-6,8,15H,2-4,7H2,1H3,(H,16,20)(H,17,18,19). The third kappa shape index (κ3) is 2.49. The van der Waals surface area contributed by atoms with E-state index in [2.05, 4.69) is 25.8 Å². The van der Waals surface area contributed by atoms with E-state index in [-0.39, 0.29) is 11.7 Å². The number of rotatable bonds is 3. The molecule has 1 aliphatic heterocycles. The number of carbonyl (C=O) groups is 1. The van der Waals surface area contributed by atoms with Crippen LogP contribution in [0.1, 0.15) is 35.4 Å². The van der Waals surface area contributed by atoms with Crippen molar-refractivity contribution < 1.29 is 4.79 Å². The Labute approximate surface area is 117 Å². The maximum atomic E-state index is 12.0. The molecule has 0 unspecified atom stereocenters. The van der Waals surface area contributed by atoms with Gasteiger partial charge in [0.2, 0.25) is 5.82 Å². The molecule has 0 saturated heterocycles. The van der Waals surface area contributed by atoms with Crippen LogP contribution < -0.4 is 10.6 Å². The van der Waals surface area contributed by atoms with Crippen molar-refractivity contribution >= 4 is 17.3 Å². The number of benzene rings is 1. The predicted octanol–water partition coefficient (Wildman–Crippen LogP) is 1.98. The Morgan fingerprint density at radius 1 is 1.45 bits per heavy atom. The summed E-state index contributed by atoms with van der Waals surface area (Å²) in [5, 5.41) is 12.8. The van der Waals surface area contributed by atoms with E-state index in [0.29, 0.717) is 5.82 Å². The normalized spacial score (nSPS) is 13.4. The number of amides is 1. The first-order valence-electron chi connectivity index (χ1n) is 6.85. The largest absolute Gasteiger partial charge is 0.385 e. The van der Waals surface area contributed by atoms with Gasteiger partial charge < -0.3 is 10.6 Å². The van der Waals surface area contributed by atoms with Gasteiger partial charge >= 0.3 is 0 Å². The number of nitrogens with one attached hydrogen (secondary N) is 3. The third-order valence-electron chi connectivity index (χ3n) is 3.37. The van der Waals surface area contributed by atoms with Gasteiger partial charge in [-0.05, 0) is 36.6 Å². The lowest BCUT2D eigenvalue weighted by molar-refractivity contribution is 0.101. The van der Waals surface area contributed by atoms with Crippen LogP contribution in [0.2, 0.25) is 0 Å². The Hall–Kier alpha value is -2.37. The molecule has 0 spiro atoms. The molecule has 3 N–H and O–H groups in total. The van der Waals surface area contributed by atoms with Crippen molar-refractivity contribution in [2.75, 3.05) is 17.2 Å². The van der Waals surface area contributed by atoms with Crippen LogP contribution >= 0.6 is 0 Å². The number of aromatic amines is 1. The second-order valence-electron chi connectivity index (χ2n) is 4.82. The Kier molecular flexibility index (Phi) is 3.37. The van der Waals surface area contributed by atoms with E-state index in [1.54, 1.807) is 0 Å². The molecule has 0 atom stereocenters. The summed E-state index contributed by atoms with van der Waals surface area (Å²) in [6, 6.07) is 5.90. The van der Waals surface area contributed by atoms with E-state index in [0.717, 1.165) is 37.2 Å². The fourth-order valence-electron chi connectivity index (χ4n) is 2.29. The molecule has 3 rings (SSSR count). The van der Waals surface area contributed by atoms with Gasteiger partial charge in [0.25, 0.3) is 5.91 Å². The zero-order valence-corrected chi connectivity index (χ0v) is 11.4. The SMILES string of the molecule is CCc1nc(C(=O)Nc2ccc3c(c2)CCCN3)n[nH]1. The van der Waals surface area contributed by atoms with Gasteiger partial charge in [-0.1, -0.05) is 6.92 Å². The number of hydrogen-bond donors (Lipinski definition) is 3. The van der Waals surface area contributed by atoms with Crippen molar-refractivity contribution in [3.05, 3.63) is 35.4 Å². The Bertz CT molecular complexity index is 634. The number of carbonyl (C=O) groups excluding carboxylic acids is 1. The lowest BCUT2D eigenvalue weighted by atomic mass is 10.0. The predicted molar refractivity (Wildman–Crippen MR) is 77.0 cm³/mol. The van der Waals surface area contributed by atoms with Gasteiger partial charge in [0.15, 0.2) is 0 Å². The van der Waals surface area contributed by atoms with Gasteiger partial charge in [-0.25, -0.2) is 4.98 Å². The van der Waals surface area contributed by atoms with E-state index in [9.17, 15) is 4.79 Å². The van der Waals surface area contributed by atoms with Gasteiger partial charge in [0, 0.05) is 24.3 Å². The zero-order valence-electron chi connectivity index (χ0n) is 11.4. The lowest BCUT2D eigenvalue weighted by Crippen LogP contribution is -2.15. The first-order chi connectivity index (χ1) is 9.76. The maximum Gasteiger partial charge on any atom is 0.295 e. The summed E-state index contributed by atoms with van der Waals surface area (Å²) in [4.78, 5) is 16.2. The van der Waals surface area contributed by atoms with Gasteiger partial charge in [0.1, 0.15) is 5.82 Å². The van der Waals surface area contributed by atoms with Crippen molar-refractivity contribution in [3.63, 3.8) is 0 Å². The fraction of sp³-hybridized carbons (Fsp3) is 0.357. The highest BCUT2D eigenvalue weighted by atomic mass is 16.2. The number of H-pyrrole nitrogens is 1. The highest BCUT2D eigenvalue weighted by molar-refractivity contribution is 6.01. The maximum absolute atomic E-state index is 12.0. The molecule has 2 aromatic rings. The van der Waals surface area contributed by atoms with Crippen molar-refractivity contribution in [2.24, 2.45) is 0 Å². The second kappa shape index (κ2) is 5.32. The first-order valence-corrected chi connectivity index (χ1v) is 6.85. The van der Waals surface area contributed by atoms with E-state index in [1.807, 2.05) is 25.1 Å². The lowest BCUT2D eigenvalue weighted by Gasteiger charge is -2.18. The highest BCUT2D eigenvalue weighted by Gasteiger charge is 2.14. The number of hydrogen-bond acceptors (Lipinski definition) is 4. The number of anilines is 2. The summed E-state index contributed by atoms with van der Waals surface area (Å²) in [6.45, 7) is 2.97. The molecule has 0 radical (unpaired) electrons. The van der Waals surface area contributed by atoms with E-state index in [4.69, 9.17) is 0 Å². The van der Waals surface area contributed by atoms with Crippen molar-refractivity contribution in [1.82, 2.24) is 15.2 Å². The minimum atomic E-state index is -0.287. The molecular formula is C14H17N5O. The molecule has 0 bridgehead atoms. The van der Waals surface area contributed by atoms with Crippen LogP contribution in [0.25, 0.3) is 0 Å². The Balaban J connectivity index is 1.75. The van der Waals surface area contributed by atoms with Crippen LogP contribution in [0.4, 0.5) is 11.4 Å². The van der Waals surface area contributed by atoms with Gasteiger partial charge in [0.05, 0.1) is 0 Å². The van der Waals surface area contributed by atoms with E-state index >= 15 is 0 Å². The molecular weight excluding hydrogens is 254 g/mol. The second-order valence-corrected chi connectivity index (χ2v) is 4.82. The minimum Gasteiger partial charge on any atom is -0.385 e. The van der Waals surface area contributed by atoms with Crippen LogP contribution in [0.5, 0.6) is 0 Å². The molecule has 0 fully saturated rings. The smallest absolute Gasteiger partial charge is 0.295 e. The Morgan fingerprint density at radius 3 is 3.15 bits per heavy atom. The van der Waals surface area contributed by atoms with Crippen molar-refractivity contribution in [3.8, 4) is 0 Å². The summed E-state index contributed by atoms with van der Waals surface area (Å²) >= 11 is 0. The molecule has 0 aliphatic carbocycles. The van der Waals surface area contributed by atoms with Crippen LogP contribution in [0.15, 0.2) is 18.2 Å². The molecule has 6 heteroatoms. The van der Waals surface area contributed by atoms with E-state index < -0.39 is 0 Å². The van der Waals surface area contributed by atoms with Crippen LogP contribution in [0.3, 0.4) is 0 Å². The number of aryl methyl sites for hydroxylation is 2. The minimum absolute atomic E-state index is 0.178. The quantitative estimate of drug-likeness (QED) is 0.797. The fourth-order valence-corrected chi connectivity index (χ4v) is 2.29. The summed E-state index contributed by atoms with van der Waals surface area (Å²) < 4.78 is 0. The molecule has 6 nitrogen and oxygen atoms in total. The van der Waals surface area contributed by atoms with Gasteiger partial charge in [-0.2, -0.15) is 0 Å². The van der Waals surface area contributed by atoms with Crippen LogP contribution in [-0.2, 0) is 12.8 Å². The monoisotopic (exact) mass is 271 g/mol. The summed E-state index contributed by atoms with van der Waals surface area (Å²) in [5.74, 6) is 0.604. The number of fused-ring (bicyclic) bond motifs is 1. The number of aromatic nitrogens is 3. The van der Waals surface area contributed by atoms with Crippen LogP contribution in [-0.4, -0.2) is 27.6 Å². The molecule has 1 aliphatic rings. The zero-order chi connectivity index (χ0) is 13.9. The van der Waals surface area contributed by atoms with Crippen LogP contribution in [0, 0.1) is 0 Å². The molecule has 2 heterocycles. The van der Waals surface area contributed by atoms with E-state index in [1.165, 1.54) is 5.56 Å². The molecule has 20 heavy (non-hydrogen) atoms. The molecule has 104 valence electrons. The Morgan fingerprint density at radius 2 is 2.35 bits per heavy atom. The number of nitrogens with zero attached hydrogens (tertiary/aromatic N) is 2. The highest BCUT2D eigenvalue weighted by Crippen LogP contribution is 2.25. The topological polar surface area (TPSA) is 82.7 Å². The van der Waals surface area contributed by atoms with Crippen molar-refractivity contribution in [2.45, 2.75) is 26.2 Å². The average molecular weight is 271 g/mol. The summed E-state index contributed by atoms with van der Waals surface area (Å²) in [6.07, 6.45) is 2.88. The molecule has 1 aromatic carbocycles. The van der Waals surface area contributed by atoms with Gasteiger partial charge in [-0.3, -0.25) is 9.89 Å². The molecule has 0 saturated carbocycles.